The Morgan fingerprint density at radius 3 is 2.60 bits per heavy atom. The molecule has 0 radical (unpaired) electrons. The number of benzene rings is 1. The van der Waals surface area contributed by atoms with E-state index in [0.717, 1.165) is 18.4 Å². The molecule has 0 fully saturated rings. The van der Waals surface area contributed by atoms with E-state index in [1.165, 1.54) is 0 Å². The van der Waals surface area contributed by atoms with Crippen LogP contribution >= 0.6 is 0 Å². The number of hydrogen-bond acceptors (Lipinski definition) is 4. The molecule has 3 N–H and O–H groups in total. The number of carbonyl (C=O) groups excluding carboxylic acids is 1. The van der Waals surface area contributed by atoms with Crippen LogP contribution in [0.4, 0.5) is 11.4 Å². The maximum atomic E-state index is 11.8. The predicted octanol–water partition coefficient (Wildman–Crippen LogP) is 2.12. The summed E-state index contributed by atoms with van der Waals surface area (Å²) in [6.07, 6.45) is 2.41. The van der Waals surface area contributed by atoms with Crippen molar-refractivity contribution in [1.82, 2.24) is 0 Å². The smallest absolute Gasteiger partial charge is 0.239 e. The minimum absolute atomic E-state index is 0.0645. The van der Waals surface area contributed by atoms with Gasteiger partial charge in [-0.05, 0) is 37.1 Å². The van der Waals surface area contributed by atoms with Crippen molar-refractivity contribution < 1.29 is 13.2 Å². The van der Waals surface area contributed by atoms with Gasteiger partial charge in [0.2, 0.25) is 5.91 Å². The normalized spacial score (nSPS) is 11.3. The summed E-state index contributed by atoms with van der Waals surface area (Å²) in [7, 11) is -3.33. The van der Waals surface area contributed by atoms with Crippen molar-refractivity contribution in [2.75, 3.05) is 22.6 Å². The zero-order valence-electron chi connectivity index (χ0n) is 12.0. The molecular weight excluding hydrogens is 276 g/mol. The van der Waals surface area contributed by atoms with E-state index in [9.17, 15) is 13.2 Å². The number of carbonyl (C=O) groups is 1. The van der Waals surface area contributed by atoms with E-state index >= 15 is 0 Å². The largest absolute Gasteiger partial charge is 0.399 e. The summed E-state index contributed by atoms with van der Waals surface area (Å²) in [6, 6.07) is 5.07. The zero-order valence-corrected chi connectivity index (χ0v) is 12.8. The van der Waals surface area contributed by atoms with Crippen molar-refractivity contribution in [1.29, 1.82) is 0 Å². The first-order valence-corrected chi connectivity index (χ1v) is 8.52. The SMILES string of the molecule is CCCCCS(=O)(=O)CC(=O)Nc1ccc(N)cc1C. The molecule has 0 bridgehead atoms. The molecule has 0 unspecified atom stereocenters. The van der Waals surface area contributed by atoms with Crippen LogP contribution in [0.25, 0.3) is 0 Å². The molecule has 5 nitrogen and oxygen atoms in total. The summed E-state index contributed by atoms with van der Waals surface area (Å²) in [5, 5.41) is 2.61. The number of rotatable bonds is 7. The van der Waals surface area contributed by atoms with Gasteiger partial charge < -0.3 is 11.1 Å². The second-order valence-corrected chi connectivity index (χ2v) is 7.11. The van der Waals surface area contributed by atoms with Crippen molar-refractivity contribution in [3.8, 4) is 0 Å². The Balaban J connectivity index is 2.59. The first-order valence-electron chi connectivity index (χ1n) is 6.70. The third-order valence-corrected chi connectivity index (χ3v) is 4.55. The molecular formula is C14H22N2O3S. The van der Waals surface area contributed by atoms with Crippen LogP contribution in [-0.4, -0.2) is 25.8 Å². The number of aryl methyl sites for hydroxylation is 1. The van der Waals surface area contributed by atoms with Gasteiger partial charge in [-0.3, -0.25) is 4.79 Å². The molecule has 0 aliphatic carbocycles. The highest BCUT2D eigenvalue weighted by molar-refractivity contribution is 7.92. The van der Waals surface area contributed by atoms with E-state index in [2.05, 4.69) is 5.32 Å². The Kier molecular flexibility index (Phi) is 6.01. The summed E-state index contributed by atoms with van der Waals surface area (Å²) in [4.78, 5) is 11.8. The summed E-state index contributed by atoms with van der Waals surface area (Å²) in [5.41, 5.74) is 7.62. The molecule has 1 amide bonds. The maximum absolute atomic E-state index is 11.8. The number of nitrogens with two attached hydrogens (primary N) is 1. The average molecular weight is 298 g/mol. The van der Waals surface area contributed by atoms with Crippen molar-refractivity contribution >= 4 is 27.1 Å². The summed E-state index contributed by atoms with van der Waals surface area (Å²) < 4.78 is 23.5. The fraction of sp³-hybridized carbons (Fsp3) is 0.500. The molecule has 0 saturated carbocycles. The van der Waals surface area contributed by atoms with Crippen LogP contribution in [0.3, 0.4) is 0 Å². The van der Waals surface area contributed by atoms with Crippen LogP contribution < -0.4 is 11.1 Å². The van der Waals surface area contributed by atoms with Gasteiger partial charge >= 0.3 is 0 Å². The lowest BCUT2D eigenvalue weighted by atomic mass is 10.2. The number of nitrogen functional groups attached to an aromatic ring is 1. The van der Waals surface area contributed by atoms with Crippen molar-refractivity contribution in [2.24, 2.45) is 0 Å². The molecule has 1 aromatic carbocycles. The van der Waals surface area contributed by atoms with Crippen LogP contribution in [-0.2, 0) is 14.6 Å². The number of anilines is 2. The molecule has 0 aromatic heterocycles. The lowest BCUT2D eigenvalue weighted by Gasteiger charge is -2.09. The molecule has 0 heterocycles. The minimum Gasteiger partial charge on any atom is -0.399 e. The Bertz CT molecular complexity index is 568. The topological polar surface area (TPSA) is 89.3 Å². The van der Waals surface area contributed by atoms with Crippen molar-refractivity contribution in [2.45, 2.75) is 33.1 Å². The molecule has 0 atom stereocenters. The van der Waals surface area contributed by atoms with E-state index in [1.807, 2.05) is 13.8 Å². The molecule has 0 spiro atoms. The Morgan fingerprint density at radius 1 is 1.30 bits per heavy atom. The van der Waals surface area contributed by atoms with Crippen LogP contribution in [0.5, 0.6) is 0 Å². The quantitative estimate of drug-likeness (QED) is 0.596. The lowest BCUT2D eigenvalue weighted by Crippen LogP contribution is -2.25. The number of hydrogen-bond donors (Lipinski definition) is 2. The van der Waals surface area contributed by atoms with Crippen LogP contribution in [0.2, 0.25) is 0 Å². The van der Waals surface area contributed by atoms with Gasteiger partial charge in [0.15, 0.2) is 9.84 Å². The first kappa shape index (κ1) is 16.5. The van der Waals surface area contributed by atoms with E-state index < -0.39 is 21.5 Å². The van der Waals surface area contributed by atoms with Gasteiger partial charge in [-0.1, -0.05) is 19.8 Å². The van der Waals surface area contributed by atoms with E-state index in [4.69, 9.17) is 5.73 Å². The molecule has 20 heavy (non-hydrogen) atoms. The lowest BCUT2D eigenvalue weighted by molar-refractivity contribution is -0.113. The summed E-state index contributed by atoms with van der Waals surface area (Å²) >= 11 is 0. The monoisotopic (exact) mass is 298 g/mol. The highest BCUT2D eigenvalue weighted by Crippen LogP contribution is 2.17. The molecule has 112 valence electrons. The summed E-state index contributed by atoms with van der Waals surface area (Å²) in [5.74, 6) is -0.912. The fourth-order valence-electron chi connectivity index (χ4n) is 1.86. The van der Waals surface area contributed by atoms with Gasteiger partial charge in [0, 0.05) is 11.4 Å². The van der Waals surface area contributed by atoms with Gasteiger partial charge in [0.1, 0.15) is 5.75 Å². The molecule has 0 aliphatic heterocycles. The highest BCUT2D eigenvalue weighted by Gasteiger charge is 2.16. The van der Waals surface area contributed by atoms with Gasteiger partial charge in [0.05, 0.1) is 5.75 Å². The highest BCUT2D eigenvalue weighted by atomic mass is 32.2. The van der Waals surface area contributed by atoms with E-state index in [0.29, 0.717) is 17.8 Å². The maximum Gasteiger partial charge on any atom is 0.239 e. The molecule has 6 heteroatoms. The second kappa shape index (κ2) is 7.28. The van der Waals surface area contributed by atoms with E-state index in [-0.39, 0.29) is 5.75 Å². The minimum atomic E-state index is -3.33. The van der Waals surface area contributed by atoms with Crippen LogP contribution in [0, 0.1) is 6.92 Å². The van der Waals surface area contributed by atoms with Crippen LogP contribution in [0.1, 0.15) is 31.7 Å². The number of amides is 1. The first-order chi connectivity index (χ1) is 9.34. The molecule has 0 saturated heterocycles. The third kappa shape index (κ3) is 5.61. The summed E-state index contributed by atoms with van der Waals surface area (Å²) in [6.45, 7) is 3.81. The number of unbranched alkanes of at least 4 members (excludes halogenated alkanes) is 2. The van der Waals surface area contributed by atoms with Crippen LogP contribution in [0.15, 0.2) is 18.2 Å². The third-order valence-electron chi connectivity index (χ3n) is 2.93. The van der Waals surface area contributed by atoms with Crippen molar-refractivity contribution in [3.05, 3.63) is 23.8 Å². The average Bonchev–Trinajstić information content (AvgIpc) is 2.32. The fourth-order valence-corrected chi connectivity index (χ4v) is 3.12. The molecule has 1 rings (SSSR count). The van der Waals surface area contributed by atoms with Gasteiger partial charge in [0.25, 0.3) is 0 Å². The van der Waals surface area contributed by atoms with Gasteiger partial charge in [-0.25, -0.2) is 8.42 Å². The second-order valence-electron chi connectivity index (χ2n) is 4.92. The Hall–Kier alpha value is -1.56. The zero-order chi connectivity index (χ0) is 15.2. The standard InChI is InChI=1S/C14H22N2O3S/c1-3-4-5-8-20(18,19)10-14(17)16-13-7-6-12(15)9-11(13)2/h6-7,9H,3-5,8,10,15H2,1-2H3,(H,16,17). The van der Waals surface area contributed by atoms with Gasteiger partial charge in [-0.2, -0.15) is 0 Å². The van der Waals surface area contributed by atoms with E-state index in [1.54, 1.807) is 18.2 Å². The molecule has 0 aliphatic rings. The van der Waals surface area contributed by atoms with Gasteiger partial charge in [-0.15, -0.1) is 0 Å². The predicted molar refractivity (Wildman–Crippen MR) is 82.4 cm³/mol. The number of sulfone groups is 1. The van der Waals surface area contributed by atoms with Crippen molar-refractivity contribution in [3.63, 3.8) is 0 Å². The molecule has 1 aromatic rings. The Morgan fingerprint density at radius 2 is 2.00 bits per heavy atom. The number of nitrogens with one attached hydrogen (secondary N) is 1. The Labute approximate surface area is 120 Å².